The molecule has 1 aromatic carbocycles. The fraction of sp³-hybridized carbons (Fsp3) is 0.429. The van der Waals surface area contributed by atoms with E-state index in [4.69, 9.17) is 21.1 Å². The van der Waals surface area contributed by atoms with E-state index in [2.05, 4.69) is 0 Å². The molecule has 0 aliphatic carbocycles. The van der Waals surface area contributed by atoms with Crippen LogP contribution < -0.4 is 4.74 Å². The molecule has 0 unspecified atom stereocenters. The lowest BCUT2D eigenvalue weighted by atomic mass is 10.2. The molecule has 4 nitrogen and oxygen atoms in total. The summed E-state index contributed by atoms with van der Waals surface area (Å²) in [5.41, 5.74) is 0.905. The Morgan fingerprint density at radius 1 is 1.26 bits per heavy atom. The molecule has 1 rings (SSSR count). The van der Waals surface area contributed by atoms with Crippen molar-refractivity contribution in [1.82, 2.24) is 0 Å². The molecule has 0 bridgehead atoms. The van der Waals surface area contributed by atoms with Crippen molar-refractivity contribution < 1.29 is 19.1 Å². The van der Waals surface area contributed by atoms with E-state index in [1.807, 2.05) is 13.0 Å². The molecule has 5 heteroatoms. The Balaban J connectivity index is 2.38. The first-order valence-electron chi connectivity index (χ1n) is 6.09. The first kappa shape index (κ1) is 15.5. The van der Waals surface area contributed by atoms with E-state index < -0.39 is 0 Å². The lowest BCUT2D eigenvalue weighted by Crippen LogP contribution is -2.14. The predicted octanol–water partition coefficient (Wildman–Crippen LogP) is 2.94. The van der Waals surface area contributed by atoms with Gasteiger partial charge >= 0.3 is 5.97 Å². The van der Waals surface area contributed by atoms with Gasteiger partial charge in [0.1, 0.15) is 12.4 Å². The zero-order valence-electron chi connectivity index (χ0n) is 11.1. The third kappa shape index (κ3) is 5.75. The number of carbonyl (C=O) groups excluding carboxylic acids is 2. The summed E-state index contributed by atoms with van der Waals surface area (Å²) >= 11 is 5.84. The fourth-order valence-corrected chi connectivity index (χ4v) is 1.60. The molecule has 0 aliphatic heterocycles. The number of ketones is 1. The molecule has 0 fully saturated rings. The Kier molecular flexibility index (Phi) is 6.36. The van der Waals surface area contributed by atoms with Gasteiger partial charge in [-0.05, 0) is 31.5 Å². The summed E-state index contributed by atoms with van der Waals surface area (Å²) in [5.74, 6) is 0.0687. The van der Waals surface area contributed by atoms with Crippen LogP contribution in [-0.4, -0.2) is 25.0 Å². The number of rotatable bonds is 7. The van der Waals surface area contributed by atoms with Crippen LogP contribution in [0.2, 0.25) is 5.02 Å². The van der Waals surface area contributed by atoms with E-state index >= 15 is 0 Å². The first-order chi connectivity index (χ1) is 9.02. The van der Waals surface area contributed by atoms with Gasteiger partial charge in [0.15, 0.2) is 5.78 Å². The van der Waals surface area contributed by atoms with Crippen LogP contribution in [0.1, 0.15) is 25.3 Å². The second kappa shape index (κ2) is 7.79. The quantitative estimate of drug-likeness (QED) is 0.723. The van der Waals surface area contributed by atoms with Gasteiger partial charge in [-0.15, -0.1) is 0 Å². The summed E-state index contributed by atoms with van der Waals surface area (Å²) in [6.45, 7) is 3.85. The highest BCUT2D eigenvalue weighted by Crippen LogP contribution is 2.22. The van der Waals surface area contributed by atoms with Crippen molar-refractivity contribution >= 4 is 23.4 Å². The lowest BCUT2D eigenvalue weighted by molar-refractivity contribution is -0.144. The Morgan fingerprint density at radius 3 is 2.68 bits per heavy atom. The molecule has 0 radical (unpaired) electrons. The van der Waals surface area contributed by atoms with E-state index in [9.17, 15) is 9.59 Å². The van der Waals surface area contributed by atoms with Crippen LogP contribution in [0.25, 0.3) is 0 Å². The summed E-state index contributed by atoms with van der Waals surface area (Å²) in [7, 11) is 0. The minimum absolute atomic E-state index is 0.0689. The van der Waals surface area contributed by atoms with Gasteiger partial charge in [-0.25, -0.2) is 0 Å². The standard InChI is InChI=1S/C14H17ClO4/c1-3-18-14(17)7-6-12(16)9-19-13-8-11(15)5-4-10(13)2/h4-5,8H,3,6-7,9H2,1-2H3. The van der Waals surface area contributed by atoms with Gasteiger partial charge in [0.25, 0.3) is 0 Å². The van der Waals surface area contributed by atoms with Crippen LogP contribution in [0, 0.1) is 6.92 Å². The average molecular weight is 285 g/mol. The number of carbonyl (C=O) groups is 2. The van der Waals surface area contributed by atoms with Crippen LogP contribution in [0.4, 0.5) is 0 Å². The minimum Gasteiger partial charge on any atom is -0.486 e. The molecule has 0 aromatic heterocycles. The van der Waals surface area contributed by atoms with Crippen LogP contribution in [-0.2, 0) is 14.3 Å². The van der Waals surface area contributed by atoms with Gasteiger partial charge in [-0.1, -0.05) is 17.7 Å². The van der Waals surface area contributed by atoms with Crippen LogP contribution >= 0.6 is 11.6 Å². The van der Waals surface area contributed by atoms with Gasteiger partial charge in [0.05, 0.1) is 13.0 Å². The van der Waals surface area contributed by atoms with Crippen molar-refractivity contribution in [3.05, 3.63) is 28.8 Å². The second-order valence-corrected chi connectivity index (χ2v) is 4.48. The first-order valence-corrected chi connectivity index (χ1v) is 6.47. The topological polar surface area (TPSA) is 52.6 Å². The Labute approximate surface area is 117 Å². The number of halogens is 1. The van der Waals surface area contributed by atoms with Crippen LogP contribution in [0.3, 0.4) is 0 Å². The minimum atomic E-state index is -0.366. The molecule has 19 heavy (non-hydrogen) atoms. The van der Waals surface area contributed by atoms with E-state index in [1.165, 1.54) is 0 Å². The fourth-order valence-electron chi connectivity index (χ4n) is 1.43. The van der Waals surface area contributed by atoms with Crippen molar-refractivity contribution in [2.24, 2.45) is 0 Å². The molecule has 0 atom stereocenters. The van der Waals surface area contributed by atoms with Crippen LogP contribution in [0.5, 0.6) is 5.75 Å². The smallest absolute Gasteiger partial charge is 0.306 e. The zero-order chi connectivity index (χ0) is 14.3. The summed E-state index contributed by atoms with van der Waals surface area (Å²) in [6.07, 6.45) is 0.211. The van der Waals surface area contributed by atoms with Crippen molar-refractivity contribution in [1.29, 1.82) is 0 Å². The third-order valence-corrected chi connectivity index (χ3v) is 2.69. The van der Waals surface area contributed by atoms with Gasteiger partial charge in [0.2, 0.25) is 0 Å². The number of benzene rings is 1. The molecule has 0 aliphatic rings. The van der Waals surface area contributed by atoms with Crippen LogP contribution in [0.15, 0.2) is 18.2 Å². The molecular weight excluding hydrogens is 268 g/mol. The monoisotopic (exact) mass is 284 g/mol. The van der Waals surface area contributed by atoms with E-state index in [0.29, 0.717) is 17.4 Å². The average Bonchev–Trinajstić information content (AvgIpc) is 2.38. The largest absolute Gasteiger partial charge is 0.486 e. The number of hydrogen-bond acceptors (Lipinski definition) is 4. The molecule has 0 spiro atoms. The maximum Gasteiger partial charge on any atom is 0.306 e. The highest BCUT2D eigenvalue weighted by Gasteiger charge is 2.09. The molecule has 0 N–H and O–H groups in total. The predicted molar refractivity (Wildman–Crippen MR) is 72.6 cm³/mol. The second-order valence-electron chi connectivity index (χ2n) is 4.04. The van der Waals surface area contributed by atoms with Gasteiger partial charge in [-0.2, -0.15) is 0 Å². The molecule has 0 saturated carbocycles. The van der Waals surface area contributed by atoms with E-state index in [0.717, 1.165) is 5.56 Å². The molecule has 0 amide bonds. The number of Topliss-reactive ketones (excluding diaryl/α,β-unsaturated/α-hetero) is 1. The number of aryl methyl sites for hydroxylation is 1. The summed E-state index contributed by atoms with van der Waals surface area (Å²) in [6, 6.07) is 5.24. The Hall–Kier alpha value is -1.55. The summed E-state index contributed by atoms with van der Waals surface area (Å²) in [5, 5.41) is 0.555. The molecular formula is C14H17ClO4. The van der Waals surface area contributed by atoms with E-state index in [-0.39, 0.29) is 31.2 Å². The van der Waals surface area contributed by atoms with Crippen molar-refractivity contribution in [2.45, 2.75) is 26.7 Å². The maximum absolute atomic E-state index is 11.6. The van der Waals surface area contributed by atoms with Gasteiger partial charge < -0.3 is 9.47 Å². The maximum atomic E-state index is 11.6. The van der Waals surface area contributed by atoms with Gasteiger partial charge in [0, 0.05) is 11.4 Å². The van der Waals surface area contributed by atoms with Crippen molar-refractivity contribution in [3.63, 3.8) is 0 Å². The Bertz CT molecular complexity index is 457. The Morgan fingerprint density at radius 2 is 2.00 bits per heavy atom. The zero-order valence-corrected chi connectivity index (χ0v) is 11.8. The molecule has 104 valence electrons. The van der Waals surface area contributed by atoms with Gasteiger partial charge in [-0.3, -0.25) is 9.59 Å². The molecule has 0 heterocycles. The number of ether oxygens (including phenoxy) is 2. The summed E-state index contributed by atoms with van der Waals surface area (Å²) in [4.78, 5) is 22.6. The third-order valence-electron chi connectivity index (χ3n) is 2.45. The SMILES string of the molecule is CCOC(=O)CCC(=O)COc1cc(Cl)ccc1C. The lowest BCUT2D eigenvalue weighted by Gasteiger charge is -2.08. The normalized spacial score (nSPS) is 10.1. The van der Waals surface area contributed by atoms with E-state index in [1.54, 1.807) is 19.1 Å². The number of esters is 1. The number of hydrogen-bond donors (Lipinski definition) is 0. The van der Waals surface area contributed by atoms with Crippen molar-refractivity contribution in [2.75, 3.05) is 13.2 Å². The molecule has 0 saturated heterocycles. The highest BCUT2D eigenvalue weighted by molar-refractivity contribution is 6.30. The summed E-state index contributed by atoms with van der Waals surface area (Å²) < 4.78 is 10.1. The molecule has 1 aromatic rings. The van der Waals surface area contributed by atoms with Crippen molar-refractivity contribution in [3.8, 4) is 5.75 Å². The highest BCUT2D eigenvalue weighted by atomic mass is 35.5.